The van der Waals surface area contributed by atoms with Crippen molar-refractivity contribution in [1.82, 2.24) is 0 Å². The van der Waals surface area contributed by atoms with E-state index < -0.39 is 40.5 Å². The zero-order valence-electron chi connectivity index (χ0n) is 12.9. The number of carbonyl (C=O) groups is 1. The lowest BCUT2D eigenvalue weighted by atomic mass is 10.1. The van der Waals surface area contributed by atoms with E-state index in [2.05, 4.69) is 0 Å². The van der Waals surface area contributed by atoms with Crippen LogP contribution in [0.3, 0.4) is 0 Å². The molecule has 128 valence electrons. The number of halogens is 3. The van der Waals surface area contributed by atoms with Gasteiger partial charge in [-0.3, -0.25) is 0 Å². The lowest BCUT2D eigenvalue weighted by Gasteiger charge is -2.16. The number of aromatic carboxylic acids is 1. The summed E-state index contributed by atoms with van der Waals surface area (Å²) in [5.74, 6) is -6.43. The second-order valence-corrected chi connectivity index (χ2v) is 4.69. The van der Waals surface area contributed by atoms with Gasteiger partial charge in [-0.2, -0.15) is 4.39 Å². The summed E-state index contributed by atoms with van der Waals surface area (Å²) in [4.78, 5) is 11.3. The molecule has 0 atom stereocenters. The van der Waals surface area contributed by atoms with Gasteiger partial charge >= 0.3 is 5.97 Å². The van der Waals surface area contributed by atoms with Gasteiger partial charge in [0.25, 0.3) is 0 Å². The third-order valence-electron chi connectivity index (χ3n) is 3.30. The Morgan fingerprint density at radius 3 is 2.21 bits per heavy atom. The van der Waals surface area contributed by atoms with Gasteiger partial charge in [0.1, 0.15) is 22.9 Å². The van der Waals surface area contributed by atoms with Gasteiger partial charge in [0.15, 0.2) is 11.6 Å². The van der Waals surface area contributed by atoms with E-state index in [0.717, 1.165) is 25.3 Å². The highest BCUT2D eigenvalue weighted by molar-refractivity contribution is 5.92. The van der Waals surface area contributed by atoms with E-state index in [0.29, 0.717) is 0 Å². The van der Waals surface area contributed by atoms with Gasteiger partial charge in [-0.25, -0.2) is 13.6 Å². The molecule has 0 saturated carbocycles. The van der Waals surface area contributed by atoms with Gasteiger partial charge in [0, 0.05) is 11.6 Å². The first-order valence-corrected chi connectivity index (χ1v) is 6.62. The zero-order valence-corrected chi connectivity index (χ0v) is 12.9. The molecule has 0 bridgehead atoms. The van der Waals surface area contributed by atoms with Crippen molar-refractivity contribution >= 4 is 5.97 Å². The molecule has 0 spiro atoms. The number of hydrogen-bond donors (Lipinski definition) is 1. The largest absolute Gasteiger partial charge is 0.496 e. The molecule has 0 fully saturated rings. The molecule has 0 aliphatic carbocycles. The Hall–Kier alpha value is -2.90. The second-order valence-electron chi connectivity index (χ2n) is 4.69. The van der Waals surface area contributed by atoms with Crippen LogP contribution in [-0.2, 0) is 0 Å². The third kappa shape index (κ3) is 2.94. The summed E-state index contributed by atoms with van der Waals surface area (Å²) in [6.45, 7) is 1.34. The number of benzene rings is 2. The summed E-state index contributed by atoms with van der Waals surface area (Å²) in [5.41, 5.74) is -0.792. The quantitative estimate of drug-likeness (QED) is 0.892. The highest BCUT2D eigenvalue weighted by atomic mass is 19.2. The van der Waals surface area contributed by atoms with Gasteiger partial charge in [0.05, 0.1) is 14.2 Å². The van der Waals surface area contributed by atoms with Gasteiger partial charge < -0.3 is 19.3 Å². The standard InChI is InChI=1S/C16H13F3O5/c1-7-10(22-2)6-11(12(13(7)18)16(20)21)24-9-5-4-8(17)14(19)15(9)23-3/h4-6H,1-3H3,(H,20,21). The van der Waals surface area contributed by atoms with Crippen LogP contribution < -0.4 is 14.2 Å². The smallest absolute Gasteiger partial charge is 0.342 e. The van der Waals surface area contributed by atoms with Crippen LogP contribution >= 0.6 is 0 Å². The first-order chi connectivity index (χ1) is 11.3. The van der Waals surface area contributed by atoms with Gasteiger partial charge in [0.2, 0.25) is 11.6 Å². The van der Waals surface area contributed by atoms with Crippen molar-refractivity contribution in [2.24, 2.45) is 0 Å². The van der Waals surface area contributed by atoms with Crippen molar-refractivity contribution in [3.63, 3.8) is 0 Å². The van der Waals surface area contributed by atoms with E-state index in [1.165, 1.54) is 14.0 Å². The van der Waals surface area contributed by atoms with Gasteiger partial charge in [-0.05, 0) is 19.1 Å². The van der Waals surface area contributed by atoms with Crippen LogP contribution in [0.2, 0.25) is 0 Å². The molecule has 0 heterocycles. The summed E-state index contributed by atoms with van der Waals surface area (Å²) in [6, 6.07) is 2.95. The molecule has 0 radical (unpaired) electrons. The van der Waals surface area contributed by atoms with Crippen molar-refractivity contribution in [2.45, 2.75) is 6.92 Å². The van der Waals surface area contributed by atoms with Crippen LogP contribution in [0.15, 0.2) is 18.2 Å². The molecular formula is C16H13F3O5. The Labute approximate surface area is 135 Å². The number of rotatable bonds is 5. The average Bonchev–Trinajstić information content (AvgIpc) is 2.54. The number of methoxy groups -OCH3 is 2. The third-order valence-corrected chi connectivity index (χ3v) is 3.30. The van der Waals surface area contributed by atoms with Crippen LogP contribution in [0.25, 0.3) is 0 Å². The minimum absolute atomic E-state index is 0.0282. The molecule has 8 heteroatoms. The summed E-state index contributed by atoms with van der Waals surface area (Å²) in [5, 5.41) is 9.21. The Morgan fingerprint density at radius 1 is 1.00 bits per heavy atom. The number of carboxylic acid groups (broad SMARTS) is 1. The summed E-state index contributed by atoms with van der Waals surface area (Å²) < 4.78 is 56.2. The molecule has 0 aliphatic rings. The molecule has 24 heavy (non-hydrogen) atoms. The van der Waals surface area contributed by atoms with Gasteiger partial charge in [-0.1, -0.05) is 0 Å². The lowest BCUT2D eigenvalue weighted by Crippen LogP contribution is -2.07. The van der Waals surface area contributed by atoms with E-state index >= 15 is 0 Å². The van der Waals surface area contributed by atoms with Crippen molar-refractivity contribution in [3.05, 3.63) is 46.8 Å². The van der Waals surface area contributed by atoms with E-state index in [-0.39, 0.29) is 17.1 Å². The van der Waals surface area contributed by atoms with Crippen LogP contribution in [-0.4, -0.2) is 25.3 Å². The fraction of sp³-hybridized carbons (Fsp3) is 0.188. The summed E-state index contributed by atoms with van der Waals surface area (Å²) >= 11 is 0. The average molecular weight is 342 g/mol. The Balaban J connectivity index is 2.64. The molecule has 0 unspecified atom stereocenters. The molecule has 0 aromatic heterocycles. The van der Waals surface area contributed by atoms with Crippen molar-refractivity contribution < 1.29 is 37.3 Å². The van der Waals surface area contributed by atoms with Crippen LogP contribution in [0.5, 0.6) is 23.0 Å². The molecule has 2 rings (SSSR count). The molecule has 2 aromatic carbocycles. The Morgan fingerprint density at radius 2 is 1.67 bits per heavy atom. The molecule has 0 aliphatic heterocycles. The predicted molar refractivity (Wildman–Crippen MR) is 77.6 cm³/mol. The maximum atomic E-state index is 14.3. The Kier molecular flexibility index (Phi) is 4.87. The highest BCUT2D eigenvalue weighted by Crippen LogP contribution is 2.39. The van der Waals surface area contributed by atoms with Crippen molar-refractivity contribution in [3.8, 4) is 23.0 Å². The van der Waals surface area contributed by atoms with Gasteiger partial charge in [-0.15, -0.1) is 0 Å². The van der Waals surface area contributed by atoms with Crippen LogP contribution in [0.4, 0.5) is 13.2 Å². The molecule has 1 N–H and O–H groups in total. The van der Waals surface area contributed by atoms with Crippen molar-refractivity contribution in [1.29, 1.82) is 0 Å². The lowest BCUT2D eigenvalue weighted by molar-refractivity contribution is 0.0688. The first-order valence-electron chi connectivity index (χ1n) is 6.62. The topological polar surface area (TPSA) is 65.0 Å². The second kappa shape index (κ2) is 6.69. The van der Waals surface area contributed by atoms with Crippen LogP contribution in [0.1, 0.15) is 15.9 Å². The highest BCUT2D eigenvalue weighted by Gasteiger charge is 2.25. The minimum Gasteiger partial charge on any atom is -0.496 e. The number of carboxylic acids is 1. The summed E-state index contributed by atoms with van der Waals surface area (Å²) in [6.07, 6.45) is 0. The molecule has 2 aromatic rings. The first kappa shape index (κ1) is 17.5. The molecular weight excluding hydrogens is 329 g/mol. The molecule has 0 saturated heterocycles. The molecule has 5 nitrogen and oxygen atoms in total. The summed E-state index contributed by atoms with van der Waals surface area (Å²) in [7, 11) is 2.35. The van der Waals surface area contributed by atoms with Crippen molar-refractivity contribution in [2.75, 3.05) is 14.2 Å². The fourth-order valence-electron chi connectivity index (χ4n) is 2.10. The zero-order chi connectivity index (χ0) is 18.0. The minimum atomic E-state index is -1.59. The van der Waals surface area contributed by atoms with E-state index in [4.69, 9.17) is 14.2 Å². The maximum absolute atomic E-state index is 14.3. The van der Waals surface area contributed by atoms with E-state index in [1.807, 2.05) is 0 Å². The predicted octanol–water partition coefficient (Wildman–Crippen LogP) is 3.92. The maximum Gasteiger partial charge on any atom is 0.342 e. The Bertz CT molecular complexity index is 805. The monoisotopic (exact) mass is 342 g/mol. The fourth-order valence-corrected chi connectivity index (χ4v) is 2.10. The number of hydrogen-bond acceptors (Lipinski definition) is 4. The molecule has 0 amide bonds. The normalized spacial score (nSPS) is 10.4. The SMILES string of the molecule is COc1cc(Oc2ccc(F)c(F)c2OC)c(C(=O)O)c(F)c1C. The van der Waals surface area contributed by atoms with E-state index in [1.54, 1.807) is 0 Å². The van der Waals surface area contributed by atoms with E-state index in [9.17, 15) is 23.1 Å². The van der Waals surface area contributed by atoms with Crippen LogP contribution in [0, 0.1) is 24.4 Å². The number of ether oxygens (including phenoxy) is 3.